The summed E-state index contributed by atoms with van der Waals surface area (Å²) in [6.45, 7) is 3.71. The fourth-order valence-electron chi connectivity index (χ4n) is 5.85. The number of hydrogen-bond acceptors (Lipinski definition) is 8. The molecule has 176 valence electrons. The van der Waals surface area contributed by atoms with Gasteiger partial charge in [-0.3, -0.25) is 4.68 Å². The molecular weight excluding hydrogens is 432 g/mol. The van der Waals surface area contributed by atoms with Crippen LogP contribution >= 0.6 is 0 Å². The molecule has 7 rings (SSSR count). The molecule has 10 nitrogen and oxygen atoms in total. The molecule has 0 unspecified atom stereocenters. The number of fused-ring (bicyclic) bond motifs is 3. The summed E-state index contributed by atoms with van der Waals surface area (Å²) in [6.07, 6.45) is 8.69. The van der Waals surface area contributed by atoms with Crippen molar-refractivity contribution in [3.05, 3.63) is 36.4 Å². The molecule has 0 amide bonds. The molecular formula is C24H28N8O2. The van der Waals surface area contributed by atoms with Gasteiger partial charge >= 0.3 is 0 Å². The van der Waals surface area contributed by atoms with E-state index >= 15 is 0 Å². The highest BCUT2D eigenvalue weighted by Crippen LogP contribution is 2.53. The normalized spacial score (nSPS) is 22.3. The first-order valence-electron chi connectivity index (χ1n) is 12.0. The molecule has 1 aliphatic carbocycles. The first-order valence-corrected chi connectivity index (χ1v) is 12.0. The van der Waals surface area contributed by atoms with Gasteiger partial charge in [0.1, 0.15) is 11.3 Å². The molecule has 2 saturated heterocycles. The molecule has 3 aliphatic rings. The van der Waals surface area contributed by atoms with Gasteiger partial charge in [-0.1, -0.05) is 6.07 Å². The maximum Gasteiger partial charge on any atom is 0.223 e. The van der Waals surface area contributed by atoms with Crippen molar-refractivity contribution in [2.24, 2.45) is 5.41 Å². The minimum Gasteiger partial charge on any atom is -0.494 e. The van der Waals surface area contributed by atoms with Crippen molar-refractivity contribution >= 4 is 28.2 Å². The van der Waals surface area contributed by atoms with Crippen LogP contribution in [0.3, 0.4) is 0 Å². The Balaban J connectivity index is 1.15. The van der Waals surface area contributed by atoms with E-state index in [1.165, 1.54) is 18.5 Å². The largest absolute Gasteiger partial charge is 0.494 e. The van der Waals surface area contributed by atoms with Crippen molar-refractivity contribution in [2.75, 3.05) is 44.0 Å². The fraction of sp³-hybridized carbons (Fsp3) is 0.500. The van der Waals surface area contributed by atoms with Crippen molar-refractivity contribution in [3.63, 3.8) is 0 Å². The number of nitrogen functional groups attached to an aromatic ring is 1. The van der Waals surface area contributed by atoms with Crippen LogP contribution in [-0.2, 0) is 4.74 Å². The van der Waals surface area contributed by atoms with Gasteiger partial charge in [0.15, 0.2) is 11.5 Å². The summed E-state index contributed by atoms with van der Waals surface area (Å²) >= 11 is 0. The average Bonchev–Trinajstić information content (AvgIpc) is 3.46. The van der Waals surface area contributed by atoms with Crippen molar-refractivity contribution in [1.82, 2.24) is 29.4 Å². The fourth-order valence-corrected chi connectivity index (χ4v) is 5.85. The number of piperidine rings is 1. The van der Waals surface area contributed by atoms with Gasteiger partial charge < -0.3 is 20.1 Å². The second kappa shape index (κ2) is 7.30. The van der Waals surface area contributed by atoms with E-state index in [1.807, 2.05) is 24.4 Å². The van der Waals surface area contributed by atoms with Gasteiger partial charge in [0.2, 0.25) is 5.95 Å². The summed E-state index contributed by atoms with van der Waals surface area (Å²) < 4.78 is 14.7. The Kier molecular flexibility index (Phi) is 4.30. The molecule has 1 atom stereocenters. The molecule has 1 saturated carbocycles. The van der Waals surface area contributed by atoms with Crippen molar-refractivity contribution in [3.8, 4) is 5.75 Å². The lowest BCUT2D eigenvalue weighted by Gasteiger charge is -2.53. The third-order valence-electron chi connectivity index (χ3n) is 7.79. The number of methoxy groups -OCH3 is 1. The van der Waals surface area contributed by atoms with Crippen LogP contribution < -0.4 is 15.4 Å². The zero-order valence-electron chi connectivity index (χ0n) is 19.2. The predicted molar refractivity (Wildman–Crippen MR) is 127 cm³/mol. The van der Waals surface area contributed by atoms with E-state index in [0.29, 0.717) is 28.7 Å². The Morgan fingerprint density at radius 2 is 2.09 bits per heavy atom. The smallest absolute Gasteiger partial charge is 0.223 e. The number of rotatable bonds is 4. The highest BCUT2D eigenvalue weighted by Gasteiger charge is 2.50. The predicted octanol–water partition coefficient (Wildman–Crippen LogP) is 2.80. The van der Waals surface area contributed by atoms with Crippen molar-refractivity contribution in [2.45, 2.75) is 37.6 Å². The second-order valence-electron chi connectivity index (χ2n) is 10.1. The van der Waals surface area contributed by atoms with Crippen molar-refractivity contribution in [1.29, 1.82) is 0 Å². The topological polar surface area (TPSA) is 109 Å². The molecule has 2 N–H and O–H groups in total. The average molecular weight is 461 g/mol. The Labute approximate surface area is 196 Å². The lowest BCUT2D eigenvalue weighted by Crippen LogP contribution is -2.52. The minimum atomic E-state index is 0.219. The molecule has 1 spiro atoms. The van der Waals surface area contributed by atoms with Gasteiger partial charge in [-0.15, -0.1) is 5.10 Å². The Hall–Kier alpha value is -3.40. The number of para-hydroxylation sites is 1. The molecule has 0 radical (unpaired) electrons. The maximum absolute atomic E-state index is 6.25. The van der Waals surface area contributed by atoms with Gasteiger partial charge in [0, 0.05) is 36.0 Å². The van der Waals surface area contributed by atoms with Gasteiger partial charge in [-0.25, -0.2) is 9.97 Å². The van der Waals surface area contributed by atoms with Crippen LogP contribution in [0, 0.1) is 5.41 Å². The number of aromatic nitrogens is 6. The van der Waals surface area contributed by atoms with Crippen LogP contribution in [0.2, 0.25) is 0 Å². The van der Waals surface area contributed by atoms with Gasteiger partial charge in [-0.2, -0.15) is 9.61 Å². The third kappa shape index (κ3) is 2.97. The first kappa shape index (κ1) is 20.0. The van der Waals surface area contributed by atoms with Crippen LogP contribution in [0.5, 0.6) is 5.75 Å². The van der Waals surface area contributed by atoms with E-state index in [0.717, 1.165) is 56.0 Å². The van der Waals surface area contributed by atoms with Crippen LogP contribution in [0.25, 0.3) is 16.6 Å². The molecule has 5 heterocycles. The van der Waals surface area contributed by atoms with Crippen LogP contribution in [0.4, 0.5) is 11.6 Å². The number of nitrogens with zero attached hydrogens (tertiary/aromatic N) is 7. The molecule has 2 aliphatic heterocycles. The SMILES string of the molecule is COc1cccc2c1nc(N)n1nc([C@@H]3CCCN(c4cnn(C5CC6(COC6)C5)c4)C3)nc21. The molecule has 1 aromatic carbocycles. The Morgan fingerprint density at radius 3 is 2.88 bits per heavy atom. The second-order valence-corrected chi connectivity index (χ2v) is 10.1. The quantitative estimate of drug-likeness (QED) is 0.495. The van der Waals surface area contributed by atoms with E-state index in [2.05, 4.69) is 20.8 Å². The van der Waals surface area contributed by atoms with E-state index in [4.69, 9.17) is 30.4 Å². The number of benzene rings is 1. The highest BCUT2D eigenvalue weighted by atomic mass is 16.5. The summed E-state index contributed by atoms with van der Waals surface area (Å²) in [6, 6.07) is 6.31. The number of nitrogens with two attached hydrogens (primary N) is 1. The summed E-state index contributed by atoms with van der Waals surface area (Å²) in [5, 5.41) is 10.4. The summed E-state index contributed by atoms with van der Waals surface area (Å²) in [5.41, 5.74) is 9.30. The number of anilines is 2. The standard InChI is InChI=1S/C24H28N8O2/c1-33-19-6-2-5-18-20(19)27-23(25)32-22(18)28-21(29-32)15-4-3-7-30(11-15)17-10-26-31(12-17)16-8-24(9-16)13-34-14-24/h2,5-6,10,12,15-16H,3-4,7-9,11,13-14H2,1H3,(H2,25,27)/t15-/m1/s1. The van der Waals surface area contributed by atoms with Gasteiger partial charge in [0.05, 0.1) is 38.2 Å². The monoisotopic (exact) mass is 460 g/mol. The zero-order valence-corrected chi connectivity index (χ0v) is 19.2. The molecule has 3 fully saturated rings. The molecule has 3 aromatic heterocycles. The van der Waals surface area contributed by atoms with Gasteiger partial charge in [0.25, 0.3) is 0 Å². The van der Waals surface area contributed by atoms with E-state index < -0.39 is 0 Å². The minimum absolute atomic E-state index is 0.219. The Morgan fingerprint density at radius 1 is 1.21 bits per heavy atom. The van der Waals surface area contributed by atoms with Gasteiger partial charge in [-0.05, 0) is 37.8 Å². The number of hydrogen-bond donors (Lipinski definition) is 1. The summed E-state index contributed by atoms with van der Waals surface area (Å²) in [5.74, 6) is 2.03. The van der Waals surface area contributed by atoms with Crippen LogP contribution in [-0.4, -0.2) is 62.8 Å². The molecule has 34 heavy (non-hydrogen) atoms. The summed E-state index contributed by atoms with van der Waals surface area (Å²) in [7, 11) is 1.63. The zero-order chi connectivity index (χ0) is 22.9. The molecule has 10 heteroatoms. The van der Waals surface area contributed by atoms with Crippen LogP contribution in [0.15, 0.2) is 30.6 Å². The van der Waals surface area contributed by atoms with E-state index in [9.17, 15) is 0 Å². The van der Waals surface area contributed by atoms with Crippen LogP contribution in [0.1, 0.15) is 43.5 Å². The number of ether oxygens (including phenoxy) is 2. The lowest BCUT2D eigenvalue weighted by atomic mass is 9.64. The molecule has 0 bridgehead atoms. The van der Waals surface area contributed by atoms with Crippen molar-refractivity contribution < 1.29 is 9.47 Å². The van der Waals surface area contributed by atoms with E-state index in [1.54, 1.807) is 11.6 Å². The lowest BCUT2D eigenvalue weighted by molar-refractivity contribution is -0.175. The third-order valence-corrected chi connectivity index (χ3v) is 7.79. The molecule has 4 aromatic rings. The Bertz CT molecular complexity index is 1380. The first-order chi connectivity index (χ1) is 16.6. The summed E-state index contributed by atoms with van der Waals surface area (Å²) in [4.78, 5) is 11.9. The highest BCUT2D eigenvalue weighted by molar-refractivity contribution is 5.95. The van der Waals surface area contributed by atoms with E-state index in [-0.39, 0.29) is 5.92 Å². The maximum atomic E-state index is 6.25.